The molecule has 28 heavy (non-hydrogen) atoms. The van der Waals surface area contributed by atoms with Crippen LogP contribution in [0.3, 0.4) is 0 Å². The van der Waals surface area contributed by atoms with E-state index in [4.69, 9.17) is 0 Å². The monoisotopic (exact) mass is 376 g/mol. The Labute approximate surface area is 168 Å². The number of para-hydroxylation sites is 1. The summed E-state index contributed by atoms with van der Waals surface area (Å²) in [4.78, 5) is 13.3. The third-order valence-corrected chi connectivity index (χ3v) is 6.34. The number of nitrogens with one attached hydrogen (secondary N) is 1. The average molecular weight is 377 g/mol. The molecule has 3 heterocycles. The van der Waals surface area contributed by atoms with Crippen molar-refractivity contribution >= 4 is 10.9 Å². The molecule has 0 unspecified atom stereocenters. The summed E-state index contributed by atoms with van der Waals surface area (Å²) in [6.45, 7) is 8.87. The third-order valence-electron chi connectivity index (χ3n) is 6.34. The first-order valence-electron chi connectivity index (χ1n) is 10.5. The Balaban J connectivity index is 1.38. The molecule has 0 bridgehead atoms. The number of hydrogen-bond donors (Lipinski definition) is 1. The van der Waals surface area contributed by atoms with Crippen LogP contribution in [-0.2, 0) is 13.0 Å². The van der Waals surface area contributed by atoms with Crippen LogP contribution in [0.2, 0.25) is 0 Å². The van der Waals surface area contributed by atoms with Gasteiger partial charge in [-0.05, 0) is 63.5 Å². The molecule has 1 N–H and O–H groups in total. The smallest absolute Gasteiger partial charge is 0.0488 e. The second-order valence-corrected chi connectivity index (χ2v) is 8.31. The van der Waals surface area contributed by atoms with E-state index in [2.05, 4.69) is 71.0 Å². The lowest BCUT2D eigenvalue weighted by Crippen LogP contribution is -2.46. The summed E-state index contributed by atoms with van der Waals surface area (Å²) in [5.74, 6) is 0. The van der Waals surface area contributed by atoms with Gasteiger partial charge < -0.3 is 9.88 Å². The number of nitrogens with zero attached hydrogens (tertiary/aromatic N) is 3. The fourth-order valence-corrected chi connectivity index (χ4v) is 4.49. The molecule has 0 saturated carbocycles. The minimum Gasteiger partial charge on any atom is -0.357 e. The largest absolute Gasteiger partial charge is 0.357 e. The number of pyridine rings is 1. The summed E-state index contributed by atoms with van der Waals surface area (Å²) in [5.41, 5.74) is 6.60. The van der Waals surface area contributed by atoms with Crippen molar-refractivity contribution in [3.63, 3.8) is 0 Å². The number of fused-ring (bicyclic) bond motifs is 1. The zero-order valence-electron chi connectivity index (χ0n) is 17.4. The van der Waals surface area contributed by atoms with E-state index in [1.54, 1.807) is 0 Å². The van der Waals surface area contributed by atoms with Crippen molar-refractivity contribution in [3.05, 3.63) is 65.1 Å². The van der Waals surface area contributed by atoms with Gasteiger partial charge >= 0.3 is 0 Å². The van der Waals surface area contributed by atoms with Crippen molar-refractivity contribution in [2.24, 2.45) is 0 Å². The summed E-state index contributed by atoms with van der Waals surface area (Å²) >= 11 is 0. The van der Waals surface area contributed by atoms with Crippen LogP contribution in [0.4, 0.5) is 0 Å². The highest BCUT2D eigenvalue weighted by Gasteiger charge is 2.24. The fourth-order valence-electron chi connectivity index (χ4n) is 4.49. The highest BCUT2D eigenvalue weighted by molar-refractivity contribution is 5.86. The van der Waals surface area contributed by atoms with Gasteiger partial charge in [0.05, 0.1) is 0 Å². The molecule has 1 atom stereocenters. The Bertz CT molecular complexity index is 915. The van der Waals surface area contributed by atoms with Gasteiger partial charge in [0.15, 0.2) is 0 Å². The predicted octanol–water partition coefficient (Wildman–Crippen LogP) is 4.32. The van der Waals surface area contributed by atoms with Crippen LogP contribution in [0.25, 0.3) is 10.9 Å². The molecule has 1 saturated heterocycles. The van der Waals surface area contributed by atoms with Crippen LogP contribution in [0, 0.1) is 13.8 Å². The average Bonchev–Trinajstić information content (AvgIpc) is 3.04. The SMILES string of the molecule is Cc1c(CN2CCC[C@@H](N(C)CCc3ccccn3)C2)[nH]c2c(C)cccc12. The first-order chi connectivity index (χ1) is 13.6. The van der Waals surface area contributed by atoms with Crippen molar-refractivity contribution in [3.8, 4) is 0 Å². The molecular weight excluding hydrogens is 344 g/mol. The summed E-state index contributed by atoms with van der Waals surface area (Å²) in [7, 11) is 2.27. The zero-order valence-corrected chi connectivity index (χ0v) is 17.4. The fraction of sp³-hybridized carbons (Fsp3) is 0.458. The van der Waals surface area contributed by atoms with Crippen molar-refractivity contribution in [2.75, 3.05) is 26.7 Å². The van der Waals surface area contributed by atoms with Gasteiger partial charge in [-0.2, -0.15) is 0 Å². The number of benzene rings is 1. The van der Waals surface area contributed by atoms with Gasteiger partial charge in [0.25, 0.3) is 0 Å². The van der Waals surface area contributed by atoms with E-state index >= 15 is 0 Å². The molecule has 4 rings (SSSR count). The lowest BCUT2D eigenvalue weighted by atomic mass is 10.0. The number of likely N-dealkylation sites (N-methyl/N-ethyl adjacent to an activating group) is 1. The highest BCUT2D eigenvalue weighted by atomic mass is 15.2. The van der Waals surface area contributed by atoms with Crippen molar-refractivity contribution in [2.45, 2.75) is 45.7 Å². The van der Waals surface area contributed by atoms with Gasteiger partial charge in [0.2, 0.25) is 0 Å². The number of aromatic amines is 1. The summed E-state index contributed by atoms with van der Waals surface area (Å²) in [6.07, 6.45) is 5.48. The van der Waals surface area contributed by atoms with Crippen LogP contribution in [0.5, 0.6) is 0 Å². The topological polar surface area (TPSA) is 35.2 Å². The van der Waals surface area contributed by atoms with E-state index in [1.807, 2.05) is 12.3 Å². The second-order valence-electron chi connectivity index (χ2n) is 8.31. The molecule has 1 aliphatic heterocycles. The van der Waals surface area contributed by atoms with E-state index < -0.39 is 0 Å². The van der Waals surface area contributed by atoms with Gasteiger partial charge in [-0.25, -0.2) is 0 Å². The molecule has 3 aromatic rings. The number of aryl methyl sites for hydroxylation is 2. The number of piperidine rings is 1. The van der Waals surface area contributed by atoms with Crippen LogP contribution < -0.4 is 0 Å². The lowest BCUT2D eigenvalue weighted by Gasteiger charge is -2.37. The Morgan fingerprint density at radius 3 is 2.86 bits per heavy atom. The molecule has 4 heteroatoms. The first-order valence-corrected chi connectivity index (χ1v) is 10.5. The Hall–Kier alpha value is -2.17. The minimum absolute atomic E-state index is 0.629. The van der Waals surface area contributed by atoms with E-state index in [9.17, 15) is 0 Å². The molecule has 0 spiro atoms. The van der Waals surface area contributed by atoms with E-state index in [1.165, 1.54) is 52.8 Å². The van der Waals surface area contributed by atoms with Crippen molar-refractivity contribution in [1.29, 1.82) is 0 Å². The normalized spacial score (nSPS) is 18.2. The van der Waals surface area contributed by atoms with Gasteiger partial charge in [-0.1, -0.05) is 24.3 Å². The maximum atomic E-state index is 4.46. The Morgan fingerprint density at radius 1 is 1.18 bits per heavy atom. The van der Waals surface area contributed by atoms with Gasteiger partial charge in [0.1, 0.15) is 0 Å². The second kappa shape index (κ2) is 8.46. The van der Waals surface area contributed by atoms with Crippen LogP contribution in [0.1, 0.15) is 35.4 Å². The number of rotatable bonds is 6. The van der Waals surface area contributed by atoms with Crippen LogP contribution >= 0.6 is 0 Å². The molecule has 0 radical (unpaired) electrons. The number of H-pyrrole nitrogens is 1. The Kier molecular flexibility index (Phi) is 5.79. The molecule has 0 amide bonds. The van der Waals surface area contributed by atoms with Crippen molar-refractivity contribution < 1.29 is 0 Å². The van der Waals surface area contributed by atoms with Crippen LogP contribution in [-0.4, -0.2) is 52.5 Å². The first kappa shape index (κ1) is 19.2. The molecule has 2 aromatic heterocycles. The number of likely N-dealkylation sites (tertiary alicyclic amines) is 1. The third kappa shape index (κ3) is 4.13. The maximum Gasteiger partial charge on any atom is 0.0488 e. The summed E-state index contributed by atoms with van der Waals surface area (Å²) < 4.78 is 0. The zero-order chi connectivity index (χ0) is 19.5. The van der Waals surface area contributed by atoms with E-state index in [-0.39, 0.29) is 0 Å². The van der Waals surface area contributed by atoms with E-state index in [0.29, 0.717) is 6.04 Å². The molecule has 0 aliphatic carbocycles. The number of aromatic nitrogens is 2. The predicted molar refractivity (Wildman–Crippen MR) is 117 cm³/mol. The van der Waals surface area contributed by atoms with E-state index in [0.717, 1.165) is 26.1 Å². The summed E-state index contributed by atoms with van der Waals surface area (Å²) in [6, 6.07) is 13.4. The molecule has 148 valence electrons. The molecule has 1 aromatic carbocycles. The molecule has 1 aliphatic rings. The highest BCUT2D eigenvalue weighted by Crippen LogP contribution is 2.26. The van der Waals surface area contributed by atoms with Gasteiger partial charge in [0, 0.05) is 60.6 Å². The van der Waals surface area contributed by atoms with Gasteiger partial charge in [-0.15, -0.1) is 0 Å². The molecule has 1 fully saturated rings. The van der Waals surface area contributed by atoms with Crippen LogP contribution in [0.15, 0.2) is 42.6 Å². The minimum atomic E-state index is 0.629. The molecule has 4 nitrogen and oxygen atoms in total. The van der Waals surface area contributed by atoms with Crippen molar-refractivity contribution in [1.82, 2.24) is 19.8 Å². The number of hydrogen-bond acceptors (Lipinski definition) is 3. The quantitative estimate of drug-likeness (QED) is 0.696. The molecular formula is C24H32N4. The lowest BCUT2D eigenvalue weighted by molar-refractivity contribution is 0.111. The van der Waals surface area contributed by atoms with Gasteiger partial charge in [-0.3, -0.25) is 9.88 Å². The maximum absolute atomic E-state index is 4.46. The summed E-state index contributed by atoms with van der Waals surface area (Å²) in [5, 5.41) is 1.37. The standard InChI is InChI=1S/C24H32N4/c1-18-8-6-11-22-19(2)23(26-24(18)22)17-28-14-7-10-21(16-28)27(3)15-12-20-9-4-5-13-25-20/h4-6,8-9,11,13,21,26H,7,10,12,14-17H2,1-3H3/t21-/m1/s1. The Morgan fingerprint density at radius 2 is 2.07 bits per heavy atom.